The number of fused-ring (bicyclic) bond motifs is 1. The van der Waals surface area contributed by atoms with Crippen molar-refractivity contribution in [3.63, 3.8) is 0 Å². The molecule has 0 aliphatic carbocycles. The lowest BCUT2D eigenvalue weighted by atomic mass is 10.1. The number of likely N-dealkylation sites (N-methyl/N-ethyl adjacent to an activating group) is 1. The van der Waals surface area contributed by atoms with Gasteiger partial charge in [0.2, 0.25) is 12.7 Å². The second kappa shape index (κ2) is 7.79. The Balaban J connectivity index is 1.52. The summed E-state index contributed by atoms with van der Waals surface area (Å²) < 4.78 is 48.1. The molecule has 0 aromatic heterocycles. The Morgan fingerprint density at radius 1 is 1.07 bits per heavy atom. The van der Waals surface area contributed by atoms with Gasteiger partial charge in [-0.25, -0.2) is 0 Å². The van der Waals surface area contributed by atoms with Gasteiger partial charge < -0.3 is 19.7 Å². The number of hydrogen-bond acceptors (Lipinski definition) is 4. The van der Waals surface area contributed by atoms with Crippen molar-refractivity contribution in [2.24, 2.45) is 0 Å². The molecular formula is C19H17F3N2O4. The van der Waals surface area contributed by atoms with Crippen molar-refractivity contribution < 1.29 is 32.2 Å². The van der Waals surface area contributed by atoms with Crippen LogP contribution in [0.4, 0.5) is 13.2 Å². The van der Waals surface area contributed by atoms with Gasteiger partial charge in [-0.15, -0.1) is 0 Å². The Hall–Kier alpha value is -3.23. The van der Waals surface area contributed by atoms with Crippen LogP contribution in [0.25, 0.3) is 0 Å². The number of benzene rings is 2. The molecule has 0 spiro atoms. The first-order valence-corrected chi connectivity index (χ1v) is 8.32. The Bertz CT molecular complexity index is 882. The van der Waals surface area contributed by atoms with Gasteiger partial charge in [-0.05, 0) is 35.9 Å². The number of nitrogens with one attached hydrogen (secondary N) is 1. The van der Waals surface area contributed by atoms with Crippen molar-refractivity contribution in [1.29, 1.82) is 0 Å². The number of halogens is 3. The lowest BCUT2D eigenvalue weighted by molar-refractivity contribution is -0.137. The van der Waals surface area contributed by atoms with Crippen LogP contribution in [0.1, 0.15) is 21.5 Å². The maximum Gasteiger partial charge on any atom is 0.416 e. The Kier molecular flexibility index (Phi) is 5.43. The Labute approximate surface area is 158 Å². The molecule has 2 aromatic rings. The molecule has 6 nitrogen and oxygen atoms in total. The molecule has 2 amide bonds. The number of rotatable bonds is 5. The van der Waals surface area contributed by atoms with E-state index in [2.05, 4.69) is 5.32 Å². The van der Waals surface area contributed by atoms with Gasteiger partial charge in [0, 0.05) is 19.2 Å². The Morgan fingerprint density at radius 2 is 1.75 bits per heavy atom. The zero-order chi connectivity index (χ0) is 20.3. The predicted octanol–water partition coefficient (Wildman–Crippen LogP) is 2.82. The summed E-state index contributed by atoms with van der Waals surface area (Å²) in [7, 11) is 1.51. The molecule has 0 saturated carbocycles. The third-order valence-corrected chi connectivity index (χ3v) is 4.16. The molecule has 0 bridgehead atoms. The van der Waals surface area contributed by atoms with Crippen molar-refractivity contribution in [2.45, 2.75) is 12.7 Å². The van der Waals surface area contributed by atoms with E-state index in [1.165, 1.54) is 30.1 Å². The molecule has 0 unspecified atom stereocenters. The zero-order valence-corrected chi connectivity index (χ0v) is 14.9. The first kappa shape index (κ1) is 19.5. The van der Waals surface area contributed by atoms with Crippen LogP contribution in [0.5, 0.6) is 11.5 Å². The van der Waals surface area contributed by atoms with E-state index >= 15 is 0 Å². The van der Waals surface area contributed by atoms with Crippen molar-refractivity contribution in [1.82, 2.24) is 10.2 Å². The van der Waals surface area contributed by atoms with E-state index in [4.69, 9.17) is 9.47 Å². The number of carbonyl (C=O) groups is 2. The minimum Gasteiger partial charge on any atom is -0.454 e. The van der Waals surface area contributed by atoms with Crippen LogP contribution in [0, 0.1) is 0 Å². The van der Waals surface area contributed by atoms with Crippen LogP contribution in [-0.2, 0) is 17.5 Å². The molecule has 148 valence electrons. The molecule has 1 aliphatic heterocycles. The molecule has 0 saturated heterocycles. The predicted molar refractivity (Wildman–Crippen MR) is 92.8 cm³/mol. The molecule has 3 rings (SSSR count). The third kappa shape index (κ3) is 4.54. The van der Waals surface area contributed by atoms with E-state index in [-0.39, 0.29) is 25.8 Å². The van der Waals surface area contributed by atoms with E-state index in [0.717, 1.165) is 12.1 Å². The standard InChI is InChI=1S/C19H17F3N2O4/c1-24(10-12-2-5-14(6-3-12)19(20,21)22)17(25)9-23-18(26)13-4-7-15-16(8-13)28-11-27-15/h2-8H,9-11H2,1H3,(H,23,26). The van der Waals surface area contributed by atoms with E-state index in [1.54, 1.807) is 12.1 Å². The first-order chi connectivity index (χ1) is 13.2. The normalized spacial score (nSPS) is 12.6. The number of amides is 2. The van der Waals surface area contributed by atoms with Crippen LogP contribution < -0.4 is 14.8 Å². The highest BCUT2D eigenvalue weighted by Gasteiger charge is 2.30. The van der Waals surface area contributed by atoms with Gasteiger partial charge in [-0.1, -0.05) is 12.1 Å². The summed E-state index contributed by atoms with van der Waals surface area (Å²) in [6, 6.07) is 9.25. The van der Waals surface area contributed by atoms with E-state index in [1.807, 2.05) is 0 Å². The summed E-state index contributed by atoms with van der Waals surface area (Å²) >= 11 is 0. The van der Waals surface area contributed by atoms with Crippen molar-refractivity contribution in [3.05, 3.63) is 59.2 Å². The summed E-state index contributed by atoms with van der Waals surface area (Å²) in [5.74, 6) is 0.172. The van der Waals surface area contributed by atoms with Crippen molar-refractivity contribution in [2.75, 3.05) is 20.4 Å². The second-order valence-corrected chi connectivity index (χ2v) is 6.20. The quantitative estimate of drug-likeness (QED) is 0.847. The molecule has 1 aliphatic rings. The molecule has 28 heavy (non-hydrogen) atoms. The van der Waals surface area contributed by atoms with Gasteiger partial charge in [-0.3, -0.25) is 9.59 Å². The van der Waals surface area contributed by atoms with E-state index in [0.29, 0.717) is 22.6 Å². The van der Waals surface area contributed by atoms with Gasteiger partial charge in [0.1, 0.15) is 0 Å². The fourth-order valence-electron chi connectivity index (χ4n) is 2.59. The molecule has 2 aromatic carbocycles. The van der Waals surface area contributed by atoms with E-state index < -0.39 is 17.6 Å². The van der Waals surface area contributed by atoms with Gasteiger partial charge in [0.05, 0.1) is 12.1 Å². The topological polar surface area (TPSA) is 67.9 Å². The summed E-state index contributed by atoms with van der Waals surface area (Å²) in [6.45, 7) is -0.0328. The SMILES string of the molecule is CN(Cc1ccc(C(F)(F)F)cc1)C(=O)CNC(=O)c1ccc2c(c1)OCO2. The number of nitrogens with zero attached hydrogens (tertiary/aromatic N) is 1. The number of ether oxygens (including phenoxy) is 2. The summed E-state index contributed by atoms with van der Waals surface area (Å²) in [4.78, 5) is 25.7. The number of hydrogen-bond donors (Lipinski definition) is 1. The molecule has 0 radical (unpaired) electrons. The van der Waals surface area contributed by atoms with Crippen LogP contribution in [0.15, 0.2) is 42.5 Å². The second-order valence-electron chi connectivity index (χ2n) is 6.20. The monoisotopic (exact) mass is 394 g/mol. The maximum absolute atomic E-state index is 12.6. The molecule has 0 atom stereocenters. The van der Waals surface area contributed by atoms with Crippen LogP contribution in [-0.4, -0.2) is 37.1 Å². The highest BCUT2D eigenvalue weighted by Crippen LogP contribution is 2.32. The van der Waals surface area contributed by atoms with Crippen molar-refractivity contribution >= 4 is 11.8 Å². The lowest BCUT2D eigenvalue weighted by Crippen LogP contribution is -2.37. The molecule has 0 fully saturated rings. The van der Waals surface area contributed by atoms with E-state index in [9.17, 15) is 22.8 Å². The summed E-state index contributed by atoms with van der Waals surface area (Å²) in [6.07, 6.45) is -4.40. The van der Waals surface area contributed by atoms with Gasteiger partial charge >= 0.3 is 6.18 Å². The molecular weight excluding hydrogens is 377 g/mol. The molecule has 1 heterocycles. The minimum absolute atomic E-state index is 0.0909. The van der Waals surface area contributed by atoms with Crippen molar-refractivity contribution in [3.8, 4) is 11.5 Å². The average Bonchev–Trinajstić information content (AvgIpc) is 3.13. The Morgan fingerprint density at radius 3 is 2.43 bits per heavy atom. The minimum atomic E-state index is -4.40. The fraction of sp³-hybridized carbons (Fsp3) is 0.263. The third-order valence-electron chi connectivity index (χ3n) is 4.16. The summed E-state index contributed by atoms with van der Waals surface area (Å²) in [5, 5.41) is 2.51. The molecule has 1 N–H and O–H groups in total. The zero-order valence-electron chi connectivity index (χ0n) is 14.9. The van der Waals surface area contributed by atoms with Crippen LogP contribution in [0.2, 0.25) is 0 Å². The van der Waals surface area contributed by atoms with Crippen LogP contribution >= 0.6 is 0 Å². The largest absolute Gasteiger partial charge is 0.454 e. The van der Waals surface area contributed by atoms with Gasteiger partial charge in [0.15, 0.2) is 11.5 Å². The smallest absolute Gasteiger partial charge is 0.416 e. The highest BCUT2D eigenvalue weighted by atomic mass is 19.4. The molecule has 9 heteroatoms. The number of carbonyl (C=O) groups excluding carboxylic acids is 2. The van der Waals surface area contributed by atoms with Crippen LogP contribution in [0.3, 0.4) is 0 Å². The summed E-state index contributed by atoms with van der Waals surface area (Å²) in [5.41, 5.74) is 0.120. The average molecular weight is 394 g/mol. The highest BCUT2D eigenvalue weighted by molar-refractivity contribution is 5.97. The fourth-order valence-corrected chi connectivity index (χ4v) is 2.59. The van der Waals surface area contributed by atoms with Gasteiger partial charge in [0.25, 0.3) is 5.91 Å². The maximum atomic E-state index is 12.6. The first-order valence-electron chi connectivity index (χ1n) is 8.32. The number of alkyl halides is 3. The lowest BCUT2D eigenvalue weighted by Gasteiger charge is -2.18. The van der Waals surface area contributed by atoms with Gasteiger partial charge in [-0.2, -0.15) is 13.2 Å².